The SMILES string of the molecule is CCCCOc1nc(N)c2[nH]c(=O)n(Cc3ccc(CNCCCOCCOCCOCCCNC(=O)OC(C)(C)C)nc3)c2n1. The van der Waals surface area contributed by atoms with Crippen LogP contribution in [-0.4, -0.2) is 95.5 Å². The summed E-state index contributed by atoms with van der Waals surface area (Å²) in [5.41, 5.74) is 7.75. The van der Waals surface area contributed by atoms with Crippen molar-refractivity contribution >= 4 is 23.1 Å². The number of anilines is 1. The molecule has 3 aromatic rings. The normalized spacial score (nSPS) is 11.7. The van der Waals surface area contributed by atoms with E-state index in [-0.39, 0.29) is 24.1 Å². The van der Waals surface area contributed by atoms with E-state index in [0.717, 1.165) is 37.1 Å². The number of pyridine rings is 1. The number of fused-ring (bicyclic) bond motifs is 1. The minimum Gasteiger partial charge on any atom is -0.463 e. The van der Waals surface area contributed by atoms with Crippen molar-refractivity contribution in [1.82, 2.24) is 35.1 Å². The highest BCUT2D eigenvalue weighted by Gasteiger charge is 2.16. The monoisotopic (exact) mass is 646 g/mol. The Morgan fingerprint density at radius 2 is 1.65 bits per heavy atom. The number of ether oxygens (including phenoxy) is 5. The molecule has 0 unspecified atom stereocenters. The zero-order valence-electron chi connectivity index (χ0n) is 27.6. The van der Waals surface area contributed by atoms with Crippen LogP contribution in [0.3, 0.4) is 0 Å². The maximum absolute atomic E-state index is 12.6. The van der Waals surface area contributed by atoms with Crippen molar-refractivity contribution in [2.75, 3.05) is 65.1 Å². The van der Waals surface area contributed by atoms with E-state index in [1.807, 2.05) is 32.9 Å². The smallest absolute Gasteiger partial charge is 0.407 e. The lowest BCUT2D eigenvalue weighted by Gasteiger charge is -2.19. The van der Waals surface area contributed by atoms with Gasteiger partial charge in [-0.3, -0.25) is 9.55 Å². The van der Waals surface area contributed by atoms with E-state index in [1.165, 1.54) is 4.57 Å². The van der Waals surface area contributed by atoms with Crippen LogP contribution in [-0.2, 0) is 32.0 Å². The number of H-pyrrole nitrogens is 1. The number of aromatic amines is 1. The first-order valence-corrected chi connectivity index (χ1v) is 15.9. The van der Waals surface area contributed by atoms with Gasteiger partial charge in [0.2, 0.25) is 0 Å². The van der Waals surface area contributed by atoms with Gasteiger partial charge in [0.1, 0.15) is 11.1 Å². The Hall–Kier alpha value is -3.79. The number of imidazole rings is 1. The van der Waals surface area contributed by atoms with Crippen LogP contribution >= 0.6 is 0 Å². The van der Waals surface area contributed by atoms with Crippen molar-refractivity contribution in [3.05, 3.63) is 40.1 Å². The Balaban J connectivity index is 1.21. The number of hydrogen-bond donors (Lipinski definition) is 4. The van der Waals surface area contributed by atoms with Gasteiger partial charge in [-0.25, -0.2) is 9.59 Å². The molecule has 0 aromatic carbocycles. The van der Waals surface area contributed by atoms with Gasteiger partial charge in [-0.2, -0.15) is 9.97 Å². The number of amides is 1. The molecule has 3 heterocycles. The number of carbonyl (C=O) groups excluding carboxylic acids is 1. The number of alkyl carbamates (subject to hydrolysis) is 1. The third kappa shape index (κ3) is 13.7. The van der Waals surface area contributed by atoms with E-state index < -0.39 is 11.7 Å². The summed E-state index contributed by atoms with van der Waals surface area (Å²) in [4.78, 5) is 40.0. The fourth-order valence-corrected chi connectivity index (χ4v) is 4.12. The summed E-state index contributed by atoms with van der Waals surface area (Å²) in [6, 6.07) is 4.03. The molecule has 0 aliphatic carbocycles. The zero-order valence-corrected chi connectivity index (χ0v) is 27.6. The predicted molar refractivity (Wildman–Crippen MR) is 174 cm³/mol. The van der Waals surface area contributed by atoms with Crippen LogP contribution in [0.5, 0.6) is 6.01 Å². The molecule has 0 saturated carbocycles. The standard InChI is InChI=1S/C31H50N8O7/c1-5-6-15-45-28-37-26(32)25-27(38-28)39(29(40)36-25)22-23-9-10-24(35-20-23)21-33-11-7-13-42-16-18-44-19-17-43-14-8-12-34-30(41)46-31(2,3)4/h9-10,20,33H,5-8,11-19,21-22H2,1-4H3,(H,34,41)(H,36,40)(H2,32,37,38). The first kappa shape index (κ1) is 36.7. The molecule has 0 fully saturated rings. The Bertz CT molecular complexity index is 1370. The van der Waals surface area contributed by atoms with Gasteiger partial charge in [-0.15, -0.1) is 0 Å². The van der Waals surface area contributed by atoms with Gasteiger partial charge in [-0.1, -0.05) is 19.4 Å². The summed E-state index contributed by atoms with van der Waals surface area (Å²) >= 11 is 0. The number of nitrogen functional groups attached to an aromatic ring is 1. The average molecular weight is 647 g/mol. The number of nitrogens with zero attached hydrogens (tertiary/aromatic N) is 4. The van der Waals surface area contributed by atoms with Crippen LogP contribution in [0, 0.1) is 0 Å². The Kier molecular flexibility index (Phi) is 15.7. The molecule has 0 aliphatic heterocycles. The van der Waals surface area contributed by atoms with E-state index in [2.05, 4.69) is 37.5 Å². The maximum Gasteiger partial charge on any atom is 0.407 e. The Labute approximate surface area is 269 Å². The van der Waals surface area contributed by atoms with Gasteiger partial charge >= 0.3 is 17.8 Å². The van der Waals surface area contributed by atoms with E-state index in [1.54, 1.807) is 6.20 Å². The van der Waals surface area contributed by atoms with Crippen molar-refractivity contribution < 1.29 is 28.5 Å². The lowest BCUT2D eigenvalue weighted by Crippen LogP contribution is -2.33. The van der Waals surface area contributed by atoms with E-state index in [0.29, 0.717) is 76.9 Å². The lowest BCUT2D eigenvalue weighted by molar-refractivity contribution is 0.0136. The number of aromatic nitrogens is 5. The molecule has 0 atom stereocenters. The average Bonchev–Trinajstić information content (AvgIpc) is 3.32. The summed E-state index contributed by atoms with van der Waals surface area (Å²) in [6.07, 6.45) is 4.75. The van der Waals surface area contributed by atoms with Gasteiger partial charge in [0, 0.05) is 32.5 Å². The van der Waals surface area contributed by atoms with Gasteiger partial charge in [0.25, 0.3) is 0 Å². The van der Waals surface area contributed by atoms with Crippen LogP contribution in [0.25, 0.3) is 11.2 Å². The summed E-state index contributed by atoms with van der Waals surface area (Å²) in [7, 11) is 0. The molecule has 5 N–H and O–H groups in total. The maximum atomic E-state index is 12.6. The zero-order chi connectivity index (χ0) is 33.2. The van der Waals surface area contributed by atoms with E-state index in [9.17, 15) is 9.59 Å². The second-order valence-corrected chi connectivity index (χ2v) is 11.6. The number of carbonyl (C=O) groups is 1. The van der Waals surface area contributed by atoms with Crippen molar-refractivity contribution in [2.45, 2.75) is 72.1 Å². The molecule has 0 spiro atoms. The fourth-order valence-electron chi connectivity index (χ4n) is 4.12. The predicted octanol–water partition coefficient (Wildman–Crippen LogP) is 2.77. The summed E-state index contributed by atoms with van der Waals surface area (Å²) in [5, 5.41) is 6.06. The van der Waals surface area contributed by atoms with Crippen LogP contribution in [0.2, 0.25) is 0 Å². The van der Waals surface area contributed by atoms with E-state index in [4.69, 9.17) is 29.4 Å². The number of nitrogens with one attached hydrogen (secondary N) is 3. The molecular weight excluding hydrogens is 596 g/mol. The molecule has 15 heteroatoms. The molecule has 3 rings (SSSR count). The van der Waals surface area contributed by atoms with Gasteiger partial charge in [-0.05, 0) is 58.2 Å². The fraction of sp³-hybridized carbons (Fsp3) is 0.645. The third-order valence-electron chi connectivity index (χ3n) is 6.41. The second kappa shape index (κ2) is 19.7. The molecule has 46 heavy (non-hydrogen) atoms. The summed E-state index contributed by atoms with van der Waals surface area (Å²) in [6.45, 7) is 13.4. The number of nitrogens with two attached hydrogens (primary N) is 1. The summed E-state index contributed by atoms with van der Waals surface area (Å²) in [5.74, 6) is 0.173. The minimum absolute atomic E-state index is 0.158. The Morgan fingerprint density at radius 3 is 2.30 bits per heavy atom. The van der Waals surface area contributed by atoms with Crippen LogP contribution in [0.1, 0.15) is 64.6 Å². The lowest BCUT2D eigenvalue weighted by atomic mass is 10.2. The van der Waals surface area contributed by atoms with Crippen molar-refractivity contribution in [3.8, 4) is 6.01 Å². The van der Waals surface area contributed by atoms with Crippen LogP contribution in [0.15, 0.2) is 23.1 Å². The molecule has 256 valence electrons. The second-order valence-electron chi connectivity index (χ2n) is 11.6. The van der Waals surface area contributed by atoms with Gasteiger partial charge in [0.05, 0.1) is 45.3 Å². The third-order valence-corrected chi connectivity index (χ3v) is 6.41. The molecule has 3 aromatic heterocycles. The van der Waals surface area contributed by atoms with Gasteiger partial charge in [0.15, 0.2) is 11.5 Å². The molecule has 0 bridgehead atoms. The van der Waals surface area contributed by atoms with Crippen LogP contribution < -0.4 is 26.8 Å². The molecule has 0 aliphatic rings. The topological polar surface area (TPSA) is 190 Å². The van der Waals surface area contributed by atoms with Crippen molar-refractivity contribution in [1.29, 1.82) is 0 Å². The highest BCUT2D eigenvalue weighted by molar-refractivity contribution is 5.81. The number of rotatable bonds is 22. The summed E-state index contributed by atoms with van der Waals surface area (Å²) < 4.78 is 28.9. The highest BCUT2D eigenvalue weighted by Crippen LogP contribution is 2.18. The Morgan fingerprint density at radius 1 is 0.957 bits per heavy atom. The molecule has 0 radical (unpaired) electrons. The van der Waals surface area contributed by atoms with Crippen LogP contribution in [0.4, 0.5) is 10.6 Å². The minimum atomic E-state index is -0.499. The molecular formula is C31H50N8O7. The number of unbranched alkanes of at least 4 members (excludes halogenated alkanes) is 1. The molecule has 15 nitrogen and oxygen atoms in total. The van der Waals surface area contributed by atoms with Crippen molar-refractivity contribution in [3.63, 3.8) is 0 Å². The highest BCUT2D eigenvalue weighted by atomic mass is 16.6. The quantitative estimate of drug-likeness (QED) is 0.117. The number of hydrogen-bond acceptors (Lipinski definition) is 12. The molecule has 1 amide bonds. The first-order valence-electron chi connectivity index (χ1n) is 15.9. The van der Waals surface area contributed by atoms with Gasteiger partial charge < -0.3 is 45.0 Å². The first-order chi connectivity index (χ1) is 22.2. The molecule has 0 saturated heterocycles. The van der Waals surface area contributed by atoms with Crippen molar-refractivity contribution in [2.24, 2.45) is 0 Å². The largest absolute Gasteiger partial charge is 0.463 e. The van der Waals surface area contributed by atoms with E-state index >= 15 is 0 Å².